The second-order valence-corrected chi connectivity index (χ2v) is 6.36. The smallest absolute Gasteiger partial charge is 0.329 e. The second-order valence-electron chi connectivity index (χ2n) is 5.52. The van der Waals surface area contributed by atoms with Crippen molar-refractivity contribution in [1.82, 2.24) is 10.7 Å². The van der Waals surface area contributed by atoms with Crippen LogP contribution >= 0.6 is 23.2 Å². The Morgan fingerprint density at radius 2 is 1.93 bits per heavy atom. The number of ether oxygens (including phenoxy) is 1. The van der Waals surface area contributed by atoms with Gasteiger partial charge < -0.3 is 10.1 Å². The van der Waals surface area contributed by atoms with Crippen LogP contribution in [0.1, 0.15) is 24.5 Å². The third-order valence-corrected chi connectivity index (χ3v) is 4.02. The minimum absolute atomic E-state index is 0.243. The molecule has 2 aromatic rings. The zero-order valence-electron chi connectivity index (χ0n) is 14.7. The fourth-order valence-electron chi connectivity index (χ4n) is 2.04. The number of carbonyl (C=O) groups is 2. The molecule has 0 saturated heterocycles. The highest BCUT2D eigenvalue weighted by Gasteiger charge is 2.11. The van der Waals surface area contributed by atoms with E-state index in [9.17, 15) is 9.59 Å². The molecule has 0 aliphatic rings. The second kappa shape index (κ2) is 10.5. The van der Waals surface area contributed by atoms with Crippen molar-refractivity contribution >= 4 is 41.2 Å². The Morgan fingerprint density at radius 3 is 2.67 bits per heavy atom. The predicted octanol–water partition coefficient (Wildman–Crippen LogP) is 3.55. The molecule has 6 nitrogen and oxygen atoms in total. The van der Waals surface area contributed by atoms with E-state index in [1.165, 1.54) is 6.21 Å². The minimum atomic E-state index is -0.828. The lowest BCUT2D eigenvalue weighted by atomic mass is 10.2. The summed E-state index contributed by atoms with van der Waals surface area (Å²) >= 11 is 12.0. The Kier molecular flexibility index (Phi) is 8.10. The maximum absolute atomic E-state index is 11.6. The maximum atomic E-state index is 11.6. The van der Waals surface area contributed by atoms with Crippen LogP contribution in [-0.4, -0.2) is 24.6 Å². The van der Waals surface area contributed by atoms with Gasteiger partial charge in [0.25, 0.3) is 0 Å². The van der Waals surface area contributed by atoms with Crippen LogP contribution in [0.25, 0.3) is 0 Å². The highest BCUT2D eigenvalue weighted by Crippen LogP contribution is 2.23. The first-order chi connectivity index (χ1) is 13.0. The summed E-state index contributed by atoms with van der Waals surface area (Å²) in [7, 11) is 0. The zero-order chi connectivity index (χ0) is 19.6. The summed E-state index contributed by atoms with van der Waals surface area (Å²) < 4.78 is 5.79. The van der Waals surface area contributed by atoms with Crippen LogP contribution in [0.5, 0.6) is 5.75 Å². The van der Waals surface area contributed by atoms with Gasteiger partial charge in [-0.25, -0.2) is 5.43 Å². The first-order valence-electron chi connectivity index (χ1n) is 8.28. The van der Waals surface area contributed by atoms with Gasteiger partial charge in [-0.15, -0.1) is 0 Å². The summed E-state index contributed by atoms with van der Waals surface area (Å²) in [5.41, 5.74) is 3.61. The number of nitrogens with one attached hydrogen (secondary N) is 2. The van der Waals surface area contributed by atoms with Crippen LogP contribution in [-0.2, 0) is 16.2 Å². The van der Waals surface area contributed by atoms with Crippen molar-refractivity contribution in [3.8, 4) is 5.75 Å². The van der Waals surface area contributed by atoms with Crippen molar-refractivity contribution < 1.29 is 14.3 Å². The standard InChI is InChI=1S/C19H19Cl2N3O3/c1-2-9-22-18(25)19(26)24-23-11-13-5-3-4-6-17(13)27-12-14-7-8-15(20)10-16(14)21/h3-8,10-11H,2,9,12H2,1H3,(H,22,25)(H,24,26)/b23-11-. The SMILES string of the molecule is CCCNC(=O)C(=O)N/N=C\c1ccccc1OCc1ccc(Cl)cc1Cl. The molecule has 0 aliphatic carbocycles. The average Bonchev–Trinajstić information content (AvgIpc) is 2.66. The van der Waals surface area contributed by atoms with E-state index >= 15 is 0 Å². The molecular weight excluding hydrogens is 389 g/mol. The summed E-state index contributed by atoms with van der Waals surface area (Å²) in [5, 5.41) is 7.34. The molecule has 0 radical (unpaired) electrons. The molecule has 2 aromatic carbocycles. The number of hydrazone groups is 1. The van der Waals surface area contributed by atoms with Gasteiger partial charge >= 0.3 is 11.8 Å². The Labute approximate surface area is 167 Å². The molecule has 0 aromatic heterocycles. The highest BCUT2D eigenvalue weighted by molar-refractivity contribution is 6.35. The molecule has 27 heavy (non-hydrogen) atoms. The van der Waals surface area contributed by atoms with Crippen LogP contribution in [0.3, 0.4) is 0 Å². The third kappa shape index (κ3) is 6.58. The molecule has 0 heterocycles. The lowest BCUT2D eigenvalue weighted by molar-refractivity contribution is -0.139. The van der Waals surface area contributed by atoms with Crippen molar-refractivity contribution in [2.24, 2.45) is 5.10 Å². The van der Waals surface area contributed by atoms with Crippen molar-refractivity contribution in [2.75, 3.05) is 6.54 Å². The number of nitrogens with zero attached hydrogens (tertiary/aromatic N) is 1. The fraction of sp³-hybridized carbons (Fsp3) is 0.211. The molecule has 0 saturated carbocycles. The molecule has 0 aliphatic heterocycles. The normalized spacial score (nSPS) is 10.6. The number of amides is 2. The number of para-hydroxylation sites is 1. The molecule has 8 heteroatoms. The first kappa shape index (κ1) is 20.7. The third-order valence-electron chi connectivity index (χ3n) is 3.43. The quantitative estimate of drug-likeness (QED) is 0.418. The average molecular weight is 408 g/mol. The zero-order valence-corrected chi connectivity index (χ0v) is 16.2. The van der Waals surface area contributed by atoms with Gasteiger partial charge in [-0.1, -0.05) is 48.3 Å². The molecule has 0 atom stereocenters. The summed E-state index contributed by atoms with van der Waals surface area (Å²) in [4.78, 5) is 23.1. The van der Waals surface area contributed by atoms with Gasteiger partial charge in [0.05, 0.1) is 6.21 Å². The Hall–Kier alpha value is -2.57. The van der Waals surface area contributed by atoms with E-state index in [-0.39, 0.29) is 6.61 Å². The molecule has 0 fully saturated rings. The largest absolute Gasteiger partial charge is 0.488 e. The van der Waals surface area contributed by atoms with Crippen LogP contribution in [0.2, 0.25) is 10.0 Å². The van der Waals surface area contributed by atoms with E-state index in [0.29, 0.717) is 27.9 Å². The number of rotatable bonds is 7. The van der Waals surface area contributed by atoms with Crippen molar-refractivity contribution in [3.63, 3.8) is 0 Å². The van der Waals surface area contributed by atoms with E-state index in [1.54, 1.807) is 36.4 Å². The fourth-order valence-corrected chi connectivity index (χ4v) is 2.51. The molecule has 2 amide bonds. The number of halogens is 2. The van der Waals surface area contributed by atoms with Crippen molar-refractivity contribution in [2.45, 2.75) is 20.0 Å². The monoisotopic (exact) mass is 407 g/mol. The van der Waals surface area contributed by atoms with E-state index in [4.69, 9.17) is 27.9 Å². The summed E-state index contributed by atoms with van der Waals surface area (Å²) in [5.74, 6) is -1.00. The van der Waals surface area contributed by atoms with Gasteiger partial charge in [-0.3, -0.25) is 9.59 Å². The minimum Gasteiger partial charge on any atom is -0.488 e. The molecule has 0 spiro atoms. The number of hydrogen-bond donors (Lipinski definition) is 2. The van der Waals surface area contributed by atoms with E-state index in [0.717, 1.165) is 12.0 Å². The Morgan fingerprint density at radius 1 is 1.15 bits per heavy atom. The van der Waals surface area contributed by atoms with Crippen molar-refractivity contribution in [1.29, 1.82) is 0 Å². The van der Waals surface area contributed by atoms with Gasteiger partial charge in [0, 0.05) is 27.7 Å². The number of carbonyl (C=O) groups excluding carboxylic acids is 2. The summed E-state index contributed by atoms with van der Waals surface area (Å²) in [6.07, 6.45) is 2.15. The van der Waals surface area contributed by atoms with Gasteiger partial charge in [0.2, 0.25) is 0 Å². The Balaban J connectivity index is 1.98. The number of benzene rings is 2. The lowest BCUT2D eigenvalue weighted by Gasteiger charge is -2.10. The highest BCUT2D eigenvalue weighted by atomic mass is 35.5. The van der Waals surface area contributed by atoms with Crippen LogP contribution in [0.4, 0.5) is 0 Å². The van der Waals surface area contributed by atoms with E-state index in [1.807, 2.05) is 13.0 Å². The summed E-state index contributed by atoms with van der Waals surface area (Å²) in [6.45, 7) is 2.57. The molecule has 142 valence electrons. The molecule has 0 unspecified atom stereocenters. The Bertz CT molecular complexity index is 841. The lowest BCUT2D eigenvalue weighted by Crippen LogP contribution is -2.38. The molecule has 0 bridgehead atoms. The van der Waals surface area contributed by atoms with Gasteiger partial charge in [-0.2, -0.15) is 5.10 Å². The van der Waals surface area contributed by atoms with Crippen LogP contribution in [0, 0.1) is 0 Å². The first-order valence-corrected chi connectivity index (χ1v) is 9.04. The molecule has 2 N–H and O–H groups in total. The van der Waals surface area contributed by atoms with Gasteiger partial charge in [0.1, 0.15) is 12.4 Å². The topological polar surface area (TPSA) is 79.8 Å². The van der Waals surface area contributed by atoms with Gasteiger partial charge in [-0.05, 0) is 30.7 Å². The molecular formula is C19H19Cl2N3O3. The van der Waals surface area contributed by atoms with Crippen molar-refractivity contribution in [3.05, 3.63) is 63.6 Å². The molecule has 2 rings (SSSR count). The van der Waals surface area contributed by atoms with Gasteiger partial charge in [0.15, 0.2) is 0 Å². The predicted molar refractivity (Wildman–Crippen MR) is 106 cm³/mol. The van der Waals surface area contributed by atoms with Crippen LogP contribution in [0.15, 0.2) is 47.6 Å². The number of hydrogen-bond acceptors (Lipinski definition) is 4. The summed E-state index contributed by atoms with van der Waals surface area (Å²) in [6, 6.07) is 12.3. The van der Waals surface area contributed by atoms with E-state index < -0.39 is 11.8 Å². The van der Waals surface area contributed by atoms with E-state index in [2.05, 4.69) is 15.8 Å². The van der Waals surface area contributed by atoms with Crippen LogP contribution < -0.4 is 15.5 Å². The maximum Gasteiger partial charge on any atom is 0.329 e.